The van der Waals surface area contributed by atoms with Gasteiger partial charge in [-0.1, -0.05) is 18.2 Å². The highest BCUT2D eigenvalue weighted by molar-refractivity contribution is 5.94. The number of para-hydroxylation sites is 1. The van der Waals surface area contributed by atoms with E-state index in [1.165, 1.54) is 4.90 Å². The summed E-state index contributed by atoms with van der Waals surface area (Å²) in [5.74, 6) is -1.07. The third kappa shape index (κ3) is 5.01. The summed E-state index contributed by atoms with van der Waals surface area (Å²) >= 11 is 0. The maximum atomic E-state index is 12.4. The third-order valence-corrected chi connectivity index (χ3v) is 3.05. The van der Waals surface area contributed by atoms with Crippen LogP contribution in [0.2, 0.25) is 0 Å². The van der Waals surface area contributed by atoms with Gasteiger partial charge in [0.2, 0.25) is 5.91 Å². The highest BCUT2D eigenvalue weighted by Gasteiger charge is 2.25. The summed E-state index contributed by atoms with van der Waals surface area (Å²) in [6, 6.07) is 9.07. The zero-order valence-corrected chi connectivity index (χ0v) is 12.1. The Balaban J connectivity index is 2.87. The van der Waals surface area contributed by atoms with Crippen molar-refractivity contribution in [3.63, 3.8) is 0 Å². The molecule has 0 unspecified atom stereocenters. The number of ether oxygens (including phenoxy) is 1. The van der Waals surface area contributed by atoms with Crippen molar-refractivity contribution in [2.24, 2.45) is 0 Å². The van der Waals surface area contributed by atoms with E-state index in [4.69, 9.17) is 9.84 Å². The molecule has 1 rings (SSSR count). The van der Waals surface area contributed by atoms with E-state index in [9.17, 15) is 9.59 Å². The first-order valence-corrected chi connectivity index (χ1v) is 6.48. The number of benzene rings is 1. The van der Waals surface area contributed by atoms with Gasteiger partial charge < -0.3 is 14.7 Å². The van der Waals surface area contributed by atoms with Crippen molar-refractivity contribution in [1.82, 2.24) is 0 Å². The summed E-state index contributed by atoms with van der Waals surface area (Å²) in [5, 5.41) is 8.81. The summed E-state index contributed by atoms with van der Waals surface area (Å²) in [4.78, 5) is 24.6. The van der Waals surface area contributed by atoms with E-state index in [0.29, 0.717) is 5.69 Å². The van der Waals surface area contributed by atoms with Crippen molar-refractivity contribution >= 4 is 17.6 Å². The van der Waals surface area contributed by atoms with Gasteiger partial charge in [0.15, 0.2) is 0 Å². The molecule has 0 saturated heterocycles. The molecule has 0 aliphatic heterocycles. The van der Waals surface area contributed by atoms with Crippen LogP contribution in [-0.2, 0) is 14.3 Å². The second-order valence-corrected chi connectivity index (χ2v) is 5.17. The Morgan fingerprint density at radius 3 is 2.35 bits per heavy atom. The number of carbonyl (C=O) groups is 2. The molecule has 1 aromatic carbocycles. The zero-order valence-electron chi connectivity index (χ0n) is 12.1. The molecule has 0 radical (unpaired) electrons. The molecule has 0 spiro atoms. The van der Waals surface area contributed by atoms with Crippen LogP contribution in [0.3, 0.4) is 0 Å². The number of hydrogen-bond acceptors (Lipinski definition) is 3. The summed E-state index contributed by atoms with van der Waals surface area (Å²) < 4.78 is 5.26. The molecule has 0 bridgehead atoms. The zero-order chi connectivity index (χ0) is 15.2. The maximum absolute atomic E-state index is 12.4. The van der Waals surface area contributed by atoms with Gasteiger partial charge >= 0.3 is 5.97 Å². The fourth-order valence-corrected chi connectivity index (χ4v) is 1.74. The lowest BCUT2D eigenvalue weighted by Crippen LogP contribution is -2.38. The minimum absolute atomic E-state index is 0.0892. The normalized spacial score (nSPS) is 11.2. The Morgan fingerprint density at radius 2 is 1.85 bits per heavy atom. The second kappa shape index (κ2) is 7.05. The van der Waals surface area contributed by atoms with E-state index >= 15 is 0 Å². The Morgan fingerprint density at radius 1 is 1.25 bits per heavy atom. The van der Waals surface area contributed by atoms with E-state index < -0.39 is 11.6 Å². The average molecular weight is 279 g/mol. The van der Waals surface area contributed by atoms with Gasteiger partial charge in [0.25, 0.3) is 0 Å². The fraction of sp³-hybridized carbons (Fsp3) is 0.467. The van der Waals surface area contributed by atoms with Crippen LogP contribution in [0.4, 0.5) is 5.69 Å². The number of carboxylic acids is 1. The van der Waals surface area contributed by atoms with Gasteiger partial charge in [-0.3, -0.25) is 9.59 Å². The number of aliphatic carboxylic acids is 1. The largest absolute Gasteiger partial charge is 0.481 e. The number of carboxylic acid groups (broad SMARTS) is 1. The Kier molecular flexibility index (Phi) is 5.70. The van der Waals surface area contributed by atoms with Crippen LogP contribution in [0, 0.1) is 0 Å². The van der Waals surface area contributed by atoms with Crippen LogP contribution in [-0.4, -0.2) is 36.2 Å². The van der Waals surface area contributed by atoms with Crippen molar-refractivity contribution in [2.75, 3.05) is 18.6 Å². The van der Waals surface area contributed by atoms with Crippen LogP contribution >= 0.6 is 0 Å². The quantitative estimate of drug-likeness (QED) is 0.831. The first-order valence-electron chi connectivity index (χ1n) is 6.48. The predicted octanol–water partition coefficient (Wildman–Crippen LogP) is 2.31. The lowest BCUT2D eigenvalue weighted by atomic mass is 10.0. The monoisotopic (exact) mass is 279 g/mol. The van der Waals surface area contributed by atoms with E-state index in [2.05, 4.69) is 0 Å². The minimum Gasteiger partial charge on any atom is -0.481 e. The molecule has 0 aliphatic carbocycles. The Bertz CT molecular complexity index is 456. The molecule has 0 heterocycles. The fourth-order valence-electron chi connectivity index (χ4n) is 1.74. The standard InChI is InChI=1S/C15H21NO4/c1-15(2,20-3)11-13(17)16(10-9-14(18)19)12-7-5-4-6-8-12/h4-8H,9-11H2,1-3H3,(H,18,19). The van der Waals surface area contributed by atoms with Gasteiger partial charge in [0, 0.05) is 19.3 Å². The van der Waals surface area contributed by atoms with Crippen LogP contribution < -0.4 is 4.90 Å². The molecular weight excluding hydrogens is 258 g/mol. The van der Waals surface area contributed by atoms with Gasteiger partial charge in [0.1, 0.15) is 0 Å². The first kappa shape index (κ1) is 16.2. The third-order valence-electron chi connectivity index (χ3n) is 3.05. The number of nitrogens with zero attached hydrogens (tertiary/aromatic N) is 1. The molecule has 1 N–H and O–H groups in total. The average Bonchev–Trinajstić information content (AvgIpc) is 2.39. The molecule has 5 nitrogen and oxygen atoms in total. The molecule has 20 heavy (non-hydrogen) atoms. The summed E-state index contributed by atoms with van der Waals surface area (Å²) in [5.41, 5.74) is 0.124. The number of methoxy groups -OCH3 is 1. The van der Waals surface area contributed by atoms with Crippen molar-refractivity contribution in [1.29, 1.82) is 0 Å². The van der Waals surface area contributed by atoms with Gasteiger partial charge in [-0.25, -0.2) is 0 Å². The van der Waals surface area contributed by atoms with Gasteiger partial charge in [-0.15, -0.1) is 0 Å². The maximum Gasteiger partial charge on any atom is 0.305 e. The van der Waals surface area contributed by atoms with Crippen LogP contribution in [0.15, 0.2) is 30.3 Å². The molecule has 1 aromatic rings. The molecular formula is C15H21NO4. The lowest BCUT2D eigenvalue weighted by Gasteiger charge is -2.28. The molecule has 1 amide bonds. The molecule has 5 heteroatoms. The smallest absolute Gasteiger partial charge is 0.305 e. The van der Waals surface area contributed by atoms with Gasteiger partial charge in [-0.05, 0) is 26.0 Å². The molecule has 110 valence electrons. The summed E-state index contributed by atoms with van der Waals surface area (Å²) in [6.07, 6.45) is 0.103. The molecule has 0 atom stereocenters. The number of carbonyl (C=O) groups excluding carboxylic acids is 1. The van der Waals surface area contributed by atoms with E-state index in [0.717, 1.165) is 0 Å². The topological polar surface area (TPSA) is 66.8 Å². The van der Waals surface area contributed by atoms with Crippen molar-refractivity contribution < 1.29 is 19.4 Å². The first-order chi connectivity index (χ1) is 9.35. The highest BCUT2D eigenvalue weighted by Crippen LogP contribution is 2.20. The molecule has 0 fully saturated rings. The molecule has 0 saturated carbocycles. The van der Waals surface area contributed by atoms with Crippen molar-refractivity contribution in [2.45, 2.75) is 32.3 Å². The van der Waals surface area contributed by atoms with E-state index in [1.54, 1.807) is 19.2 Å². The summed E-state index contributed by atoms with van der Waals surface area (Å²) in [6.45, 7) is 3.80. The van der Waals surface area contributed by atoms with Gasteiger partial charge in [0.05, 0.1) is 18.4 Å². The highest BCUT2D eigenvalue weighted by atomic mass is 16.5. The minimum atomic E-state index is -0.926. The summed E-state index contributed by atoms with van der Waals surface area (Å²) in [7, 11) is 1.55. The van der Waals surface area contributed by atoms with Crippen LogP contribution in [0.25, 0.3) is 0 Å². The number of rotatable bonds is 7. The van der Waals surface area contributed by atoms with Gasteiger partial charge in [-0.2, -0.15) is 0 Å². The Hall–Kier alpha value is -1.88. The van der Waals surface area contributed by atoms with Crippen LogP contribution in [0.5, 0.6) is 0 Å². The SMILES string of the molecule is COC(C)(C)CC(=O)N(CCC(=O)O)c1ccccc1. The number of amides is 1. The van der Waals surface area contributed by atoms with Crippen LogP contribution in [0.1, 0.15) is 26.7 Å². The Labute approximate surface area is 119 Å². The predicted molar refractivity (Wildman–Crippen MR) is 76.8 cm³/mol. The van der Waals surface area contributed by atoms with E-state index in [-0.39, 0.29) is 25.3 Å². The van der Waals surface area contributed by atoms with E-state index in [1.807, 2.05) is 32.0 Å². The van der Waals surface area contributed by atoms with Crippen molar-refractivity contribution in [3.05, 3.63) is 30.3 Å². The van der Waals surface area contributed by atoms with Crippen molar-refractivity contribution in [3.8, 4) is 0 Å². The second-order valence-electron chi connectivity index (χ2n) is 5.17. The number of hydrogen-bond donors (Lipinski definition) is 1. The number of anilines is 1. The lowest BCUT2D eigenvalue weighted by molar-refractivity contribution is -0.136. The molecule has 0 aromatic heterocycles. The molecule has 0 aliphatic rings.